The van der Waals surface area contributed by atoms with E-state index in [9.17, 15) is 0 Å². The summed E-state index contributed by atoms with van der Waals surface area (Å²) in [5.41, 5.74) is 6.39. The fraction of sp³-hybridized carbons (Fsp3) is 0.692. The summed E-state index contributed by atoms with van der Waals surface area (Å²) in [5, 5.41) is 0. The third-order valence-electron chi connectivity index (χ3n) is 3.10. The van der Waals surface area contributed by atoms with Crippen molar-refractivity contribution in [1.29, 1.82) is 0 Å². The molecular formula is C13H22BrNS. The van der Waals surface area contributed by atoms with Crippen molar-refractivity contribution in [3.63, 3.8) is 0 Å². The summed E-state index contributed by atoms with van der Waals surface area (Å²) < 4.78 is 1.19. The molecule has 0 aliphatic rings. The van der Waals surface area contributed by atoms with E-state index in [1.54, 1.807) is 0 Å². The smallest absolute Gasteiger partial charge is 0.0429 e. The highest BCUT2D eigenvalue weighted by atomic mass is 79.9. The van der Waals surface area contributed by atoms with E-state index >= 15 is 0 Å². The molecule has 0 aromatic carbocycles. The van der Waals surface area contributed by atoms with Crippen LogP contribution in [0.4, 0.5) is 0 Å². The second-order valence-corrected chi connectivity index (χ2v) is 6.55. The lowest BCUT2D eigenvalue weighted by Crippen LogP contribution is -2.20. The average Bonchev–Trinajstić information content (AvgIpc) is 2.58. The Morgan fingerprint density at radius 2 is 2.12 bits per heavy atom. The number of hydrogen-bond acceptors (Lipinski definition) is 2. The predicted molar refractivity (Wildman–Crippen MR) is 77.0 cm³/mol. The van der Waals surface area contributed by atoms with Gasteiger partial charge in [0.1, 0.15) is 0 Å². The number of thiophene rings is 1. The Morgan fingerprint density at radius 1 is 1.44 bits per heavy atom. The minimum atomic E-state index is 0.199. The van der Waals surface area contributed by atoms with E-state index in [2.05, 4.69) is 42.8 Å². The summed E-state index contributed by atoms with van der Waals surface area (Å²) in [4.78, 5) is 2.66. The monoisotopic (exact) mass is 303 g/mol. The lowest BCUT2D eigenvalue weighted by atomic mass is 9.91. The molecule has 2 unspecified atom stereocenters. The molecule has 0 aliphatic heterocycles. The molecule has 0 amide bonds. The minimum absolute atomic E-state index is 0.199. The lowest BCUT2D eigenvalue weighted by Gasteiger charge is -2.22. The molecule has 0 aliphatic carbocycles. The lowest BCUT2D eigenvalue weighted by molar-refractivity contribution is 0.381. The van der Waals surface area contributed by atoms with E-state index in [-0.39, 0.29) is 6.04 Å². The maximum atomic E-state index is 6.39. The topological polar surface area (TPSA) is 26.0 Å². The van der Waals surface area contributed by atoms with Gasteiger partial charge in [-0.2, -0.15) is 0 Å². The van der Waals surface area contributed by atoms with Gasteiger partial charge in [0, 0.05) is 20.3 Å². The number of aryl methyl sites for hydroxylation is 1. The summed E-state index contributed by atoms with van der Waals surface area (Å²) in [5.74, 6) is 0.620. The third-order valence-corrected chi connectivity index (χ3v) is 5.17. The summed E-state index contributed by atoms with van der Waals surface area (Å²) >= 11 is 5.44. The highest BCUT2D eigenvalue weighted by Crippen LogP contribution is 2.36. The zero-order chi connectivity index (χ0) is 12.1. The number of unbranched alkanes of at least 4 members (excludes halogenated alkanes) is 1. The van der Waals surface area contributed by atoms with Crippen LogP contribution in [0.1, 0.15) is 55.3 Å². The predicted octanol–water partition coefficient (Wildman–Crippen LogP) is 5.04. The first-order valence-corrected chi connectivity index (χ1v) is 7.72. The van der Waals surface area contributed by atoms with Crippen molar-refractivity contribution >= 4 is 27.3 Å². The van der Waals surface area contributed by atoms with Crippen LogP contribution in [0.25, 0.3) is 0 Å². The Morgan fingerprint density at radius 3 is 2.56 bits per heavy atom. The molecule has 92 valence electrons. The van der Waals surface area contributed by atoms with E-state index < -0.39 is 0 Å². The van der Waals surface area contributed by atoms with E-state index in [4.69, 9.17) is 5.73 Å². The summed E-state index contributed by atoms with van der Waals surface area (Å²) in [6, 6.07) is 2.37. The van der Waals surface area contributed by atoms with Crippen LogP contribution >= 0.6 is 27.3 Å². The van der Waals surface area contributed by atoms with Crippen LogP contribution < -0.4 is 5.73 Å². The van der Waals surface area contributed by atoms with Crippen molar-refractivity contribution in [1.82, 2.24) is 0 Å². The molecule has 1 heterocycles. The molecule has 3 heteroatoms. The summed E-state index contributed by atoms with van der Waals surface area (Å²) in [7, 11) is 0. The van der Waals surface area contributed by atoms with Crippen molar-refractivity contribution in [2.24, 2.45) is 11.7 Å². The summed E-state index contributed by atoms with van der Waals surface area (Å²) in [6.45, 7) is 6.62. The molecular weight excluding hydrogens is 282 g/mol. The Kier molecular flexibility index (Phi) is 6.01. The van der Waals surface area contributed by atoms with Crippen LogP contribution in [0, 0.1) is 12.8 Å². The number of rotatable bonds is 6. The highest BCUT2D eigenvalue weighted by Gasteiger charge is 2.21. The Hall–Kier alpha value is 0.140. The van der Waals surface area contributed by atoms with E-state index in [0.29, 0.717) is 5.92 Å². The minimum Gasteiger partial charge on any atom is -0.323 e. The molecule has 1 aromatic heterocycles. The van der Waals surface area contributed by atoms with Gasteiger partial charge in [-0.1, -0.05) is 33.1 Å². The van der Waals surface area contributed by atoms with Gasteiger partial charge in [-0.15, -0.1) is 11.3 Å². The second kappa shape index (κ2) is 6.77. The van der Waals surface area contributed by atoms with Gasteiger partial charge in [0.15, 0.2) is 0 Å². The van der Waals surface area contributed by atoms with Gasteiger partial charge in [-0.05, 0) is 41.3 Å². The van der Waals surface area contributed by atoms with Gasteiger partial charge in [-0.3, -0.25) is 0 Å². The number of halogens is 1. The molecule has 1 nitrogen and oxygen atoms in total. The van der Waals surface area contributed by atoms with Gasteiger partial charge in [0.2, 0.25) is 0 Å². The van der Waals surface area contributed by atoms with Gasteiger partial charge in [-0.25, -0.2) is 0 Å². The first-order valence-electron chi connectivity index (χ1n) is 6.11. The van der Waals surface area contributed by atoms with Crippen molar-refractivity contribution in [3.8, 4) is 0 Å². The van der Waals surface area contributed by atoms with Crippen molar-refractivity contribution in [2.75, 3.05) is 0 Å². The van der Waals surface area contributed by atoms with Crippen molar-refractivity contribution < 1.29 is 0 Å². The van der Waals surface area contributed by atoms with Gasteiger partial charge in [0.25, 0.3) is 0 Å². The van der Waals surface area contributed by atoms with Crippen LogP contribution in [0.3, 0.4) is 0 Å². The van der Waals surface area contributed by atoms with Crippen molar-refractivity contribution in [2.45, 2.75) is 52.5 Å². The van der Waals surface area contributed by atoms with Crippen molar-refractivity contribution in [3.05, 3.63) is 20.3 Å². The summed E-state index contributed by atoms with van der Waals surface area (Å²) in [6.07, 6.45) is 4.96. The maximum absolute atomic E-state index is 6.39. The molecule has 16 heavy (non-hydrogen) atoms. The van der Waals surface area contributed by atoms with Gasteiger partial charge < -0.3 is 5.73 Å². The molecule has 1 aromatic rings. The molecule has 0 saturated carbocycles. The van der Waals surface area contributed by atoms with Crippen LogP contribution in [-0.4, -0.2) is 0 Å². The molecule has 2 N–H and O–H groups in total. The van der Waals surface area contributed by atoms with E-state index in [1.807, 2.05) is 11.3 Å². The van der Waals surface area contributed by atoms with E-state index in [0.717, 1.165) is 0 Å². The standard InChI is InChI=1S/C13H22BrNS/c1-4-6-7-10(5-2)12(15)13-11(14)8-9(3)16-13/h8,10,12H,4-7,15H2,1-3H3. The largest absolute Gasteiger partial charge is 0.323 e. The molecule has 0 saturated heterocycles. The van der Waals surface area contributed by atoms with Gasteiger partial charge in [0.05, 0.1) is 0 Å². The second-order valence-electron chi connectivity index (χ2n) is 4.41. The Labute approximate surface area is 112 Å². The van der Waals surface area contributed by atoms with Crippen LogP contribution in [0.5, 0.6) is 0 Å². The first-order chi connectivity index (χ1) is 7.60. The maximum Gasteiger partial charge on any atom is 0.0429 e. The fourth-order valence-electron chi connectivity index (χ4n) is 2.05. The molecule has 0 bridgehead atoms. The zero-order valence-electron chi connectivity index (χ0n) is 10.4. The Bertz CT molecular complexity index is 322. The average molecular weight is 304 g/mol. The SMILES string of the molecule is CCCCC(CC)C(N)c1sc(C)cc1Br. The fourth-order valence-corrected chi connectivity index (χ4v) is 4.06. The zero-order valence-corrected chi connectivity index (χ0v) is 12.8. The van der Waals surface area contributed by atoms with Crippen LogP contribution in [0.15, 0.2) is 10.5 Å². The van der Waals surface area contributed by atoms with E-state index in [1.165, 1.54) is 39.9 Å². The molecule has 2 atom stereocenters. The van der Waals surface area contributed by atoms with Crippen LogP contribution in [-0.2, 0) is 0 Å². The number of hydrogen-bond donors (Lipinski definition) is 1. The molecule has 0 radical (unpaired) electrons. The van der Waals surface area contributed by atoms with Gasteiger partial charge >= 0.3 is 0 Å². The normalized spacial score (nSPS) is 15.1. The first kappa shape index (κ1) is 14.2. The Balaban J connectivity index is 2.74. The quantitative estimate of drug-likeness (QED) is 0.783. The molecule has 0 spiro atoms. The third kappa shape index (κ3) is 3.57. The van der Waals surface area contributed by atoms with Crippen LogP contribution in [0.2, 0.25) is 0 Å². The number of nitrogens with two attached hydrogens (primary N) is 1. The molecule has 0 fully saturated rings. The molecule has 1 rings (SSSR count). The highest BCUT2D eigenvalue weighted by molar-refractivity contribution is 9.10.